The number of benzene rings is 2. The number of carbonyl (C=O) groups excluding carboxylic acids is 2. The number of para-hydroxylation sites is 1. The molecule has 6 heteroatoms. The molecule has 0 spiro atoms. The van der Waals surface area contributed by atoms with E-state index < -0.39 is 11.5 Å². The number of nitrogens with one attached hydrogen (secondary N) is 2. The van der Waals surface area contributed by atoms with Crippen LogP contribution in [0.4, 0.5) is 5.69 Å². The lowest BCUT2D eigenvalue weighted by Gasteiger charge is -2.24. The number of methoxy groups -OCH3 is 1. The Morgan fingerprint density at radius 1 is 1.03 bits per heavy atom. The number of pyridine rings is 1. The molecule has 1 aliphatic rings. The summed E-state index contributed by atoms with van der Waals surface area (Å²) in [7, 11) is 1.61. The van der Waals surface area contributed by atoms with Crippen LogP contribution in [0.1, 0.15) is 55.4 Å². The molecule has 158 valence electrons. The van der Waals surface area contributed by atoms with Crippen molar-refractivity contribution in [1.82, 2.24) is 4.98 Å². The van der Waals surface area contributed by atoms with Gasteiger partial charge in [0.15, 0.2) is 5.78 Å². The molecule has 0 aliphatic heterocycles. The fourth-order valence-corrected chi connectivity index (χ4v) is 4.10. The van der Waals surface area contributed by atoms with Gasteiger partial charge >= 0.3 is 0 Å². The molecule has 0 saturated carbocycles. The van der Waals surface area contributed by atoms with E-state index >= 15 is 0 Å². The highest BCUT2D eigenvalue weighted by atomic mass is 16.5. The molecule has 0 fully saturated rings. The first-order valence-electron chi connectivity index (χ1n) is 10.2. The molecule has 2 N–H and O–H groups in total. The highest BCUT2D eigenvalue weighted by Gasteiger charge is 2.29. The molecule has 1 aromatic heterocycles. The van der Waals surface area contributed by atoms with Gasteiger partial charge in [0.2, 0.25) is 0 Å². The summed E-state index contributed by atoms with van der Waals surface area (Å²) in [6.07, 6.45) is 0.852. The van der Waals surface area contributed by atoms with Crippen LogP contribution in [0.5, 0.6) is 5.75 Å². The number of H-pyrrole nitrogens is 1. The number of aromatic amines is 1. The summed E-state index contributed by atoms with van der Waals surface area (Å²) in [4.78, 5) is 41.2. The number of hydrogen-bond acceptors (Lipinski definition) is 4. The largest absolute Gasteiger partial charge is 0.497 e. The first kappa shape index (κ1) is 20.6. The summed E-state index contributed by atoms with van der Waals surface area (Å²) in [5, 5.41) is 2.82. The Labute approximate surface area is 180 Å². The van der Waals surface area contributed by atoms with Gasteiger partial charge in [0, 0.05) is 23.4 Å². The maximum atomic E-state index is 12.9. The van der Waals surface area contributed by atoms with Crippen molar-refractivity contribution in [3.63, 3.8) is 0 Å². The van der Waals surface area contributed by atoms with Crippen LogP contribution in [-0.2, 0) is 6.42 Å². The van der Waals surface area contributed by atoms with E-state index in [0.29, 0.717) is 29.8 Å². The summed E-state index contributed by atoms with van der Waals surface area (Å²) in [5.41, 5.74) is 3.93. The molecule has 1 amide bonds. The highest BCUT2D eigenvalue weighted by molar-refractivity contribution is 6.07. The van der Waals surface area contributed by atoms with Gasteiger partial charge in [-0.25, -0.2) is 0 Å². The number of Topliss-reactive ketones (excluding diaryl/α,β-unsaturated/α-hetero) is 1. The highest BCUT2D eigenvalue weighted by Crippen LogP contribution is 2.32. The Balaban J connectivity index is 1.62. The molecule has 6 nitrogen and oxygen atoms in total. The number of anilines is 1. The first-order valence-corrected chi connectivity index (χ1v) is 10.2. The fraction of sp³-hybridized carbons (Fsp3) is 0.240. The minimum atomic E-state index is -0.522. The van der Waals surface area contributed by atoms with E-state index in [-0.39, 0.29) is 17.3 Å². The summed E-state index contributed by atoms with van der Waals surface area (Å²) in [6.45, 7) is 3.78. The topological polar surface area (TPSA) is 88.3 Å². The molecular weight excluding hydrogens is 392 g/mol. The number of amides is 1. The molecule has 4 rings (SSSR count). The fourth-order valence-electron chi connectivity index (χ4n) is 4.10. The zero-order chi connectivity index (χ0) is 22.1. The van der Waals surface area contributed by atoms with Crippen molar-refractivity contribution in [2.45, 2.75) is 32.6 Å². The van der Waals surface area contributed by atoms with E-state index in [1.165, 1.54) is 6.07 Å². The number of hydrogen-bond donors (Lipinski definition) is 2. The van der Waals surface area contributed by atoms with Crippen LogP contribution in [0, 0.1) is 13.8 Å². The Morgan fingerprint density at radius 2 is 1.71 bits per heavy atom. The SMILES string of the molecule is COc1ccc([C@H]2CC(=O)c3cc(C(=O)Nc4c(C)cccc4C)c(=O)[nH]c3C2)cc1. The molecule has 1 heterocycles. The zero-order valence-electron chi connectivity index (χ0n) is 17.7. The minimum absolute atomic E-state index is 0.0316. The van der Waals surface area contributed by atoms with E-state index in [2.05, 4.69) is 10.3 Å². The second-order valence-electron chi connectivity index (χ2n) is 7.93. The van der Waals surface area contributed by atoms with Crippen molar-refractivity contribution in [2.75, 3.05) is 12.4 Å². The van der Waals surface area contributed by atoms with Crippen molar-refractivity contribution in [2.24, 2.45) is 0 Å². The van der Waals surface area contributed by atoms with Gasteiger partial charge in [-0.2, -0.15) is 0 Å². The van der Waals surface area contributed by atoms with Crippen LogP contribution in [0.15, 0.2) is 53.3 Å². The molecule has 0 bridgehead atoms. The van der Waals surface area contributed by atoms with Gasteiger partial charge in [-0.15, -0.1) is 0 Å². The molecule has 31 heavy (non-hydrogen) atoms. The van der Waals surface area contributed by atoms with Crippen molar-refractivity contribution in [3.05, 3.63) is 92.4 Å². The lowest BCUT2D eigenvalue weighted by Crippen LogP contribution is -2.29. The Kier molecular flexibility index (Phi) is 5.46. The van der Waals surface area contributed by atoms with Crippen molar-refractivity contribution in [3.8, 4) is 5.75 Å². The van der Waals surface area contributed by atoms with E-state index in [4.69, 9.17) is 4.74 Å². The monoisotopic (exact) mass is 416 g/mol. The number of aryl methyl sites for hydroxylation is 2. The molecule has 1 aliphatic carbocycles. The third kappa shape index (κ3) is 4.01. The maximum Gasteiger partial charge on any atom is 0.261 e. The summed E-state index contributed by atoms with van der Waals surface area (Å²) in [6, 6.07) is 14.7. The van der Waals surface area contributed by atoms with Gasteiger partial charge in [-0.3, -0.25) is 14.4 Å². The van der Waals surface area contributed by atoms with Gasteiger partial charge in [0.25, 0.3) is 11.5 Å². The van der Waals surface area contributed by atoms with Crippen molar-refractivity contribution in [1.29, 1.82) is 0 Å². The predicted octanol–water partition coefficient (Wildman–Crippen LogP) is 4.17. The van der Waals surface area contributed by atoms with E-state index in [1.807, 2.05) is 56.3 Å². The zero-order valence-corrected chi connectivity index (χ0v) is 17.7. The van der Waals surface area contributed by atoms with Crippen LogP contribution in [0.25, 0.3) is 0 Å². The molecule has 0 unspecified atom stereocenters. The second kappa shape index (κ2) is 8.22. The second-order valence-corrected chi connectivity index (χ2v) is 7.93. The van der Waals surface area contributed by atoms with Crippen molar-refractivity contribution >= 4 is 17.4 Å². The maximum absolute atomic E-state index is 12.9. The van der Waals surface area contributed by atoms with E-state index in [1.54, 1.807) is 7.11 Å². The Hall–Kier alpha value is -3.67. The summed E-state index contributed by atoms with van der Waals surface area (Å²) >= 11 is 0. The number of fused-ring (bicyclic) bond motifs is 1. The minimum Gasteiger partial charge on any atom is -0.497 e. The van der Waals surface area contributed by atoms with Crippen LogP contribution >= 0.6 is 0 Å². The third-order valence-electron chi connectivity index (χ3n) is 5.86. The molecular formula is C25H24N2O4. The number of rotatable bonds is 4. The molecule has 0 saturated heterocycles. The van der Waals surface area contributed by atoms with E-state index in [0.717, 1.165) is 22.4 Å². The predicted molar refractivity (Wildman–Crippen MR) is 119 cm³/mol. The summed E-state index contributed by atoms with van der Waals surface area (Å²) < 4.78 is 5.19. The van der Waals surface area contributed by atoms with E-state index in [9.17, 15) is 14.4 Å². The normalized spacial score (nSPS) is 15.3. The third-order valence-corrected chi connectivity index (χ3v) is 5.86. The van der Waals surface area contributed by atoms with Gasteiger partial charge in [-0.05, 0) is 61.1 Å². The lowest BCUT2D eigenvalue weighted by molar-refractivity contribution is 0.0963. The lowest BCUT2D eigenvalue weighted by atomic mass is 9.81. The Morgan fingerprint density at radius 3 is 2.35 bits per heavy atom. The van der Waals surface area contributed by atoms with Crippen molar-refractivity contribution < 1.29 is 14.3 Å². The molecule has 3 aromatic rings. The van der Waals surface area contributed by atoms with Crippen LogP contribution in [-0.4, -0.2) is 23.8 Å². The standard InChI is InChI=1S/C25H24N2O4/c1-14-5-4-6-15(2)23(14)27-25(30)20-13-19-21(26-24(20)29)11-17(12-22(19)28)16-7-9-18(31-3)10-8-16/h4-10,13,17H,11-12H2,1-3H3,(H,26,29)(H,27,30)/t17-/m1/s1. The van der Waals surface area contributed by atoms with Crippen LogP contribution in [0.2, 0.25) is 0 Å². The summed E-state index contributed by atoms with van der Waals surface area (Å²) in [5.74, 6) is 0.112. The van der Waals surface area contributed by atoms with Crippen LogP contribution < -0.4 is 15.6 Å². The molecule has 0 radical (unpaired) electrons. The number of carbonyl (C=O) groups is 2. The van der Waals surface area contributed by atoms with Gasteiger partial charge < -0.3 is 15.0 Å². The number of ketones is 1. The smallest absolute Gasteiger partial charge is 0.261 e. The molecule has 1 atom stereocenters. The average molecular weight is 416 g/mol. The molecule has 2 aromatic carbocycles. The van der Waals surface area contributed by atoms with Crippen LogP contribution in [0.3, 0.4) is 0 Å². The Bertz CT molecular complexity index is 1210. The number of aromatic nitrogens is 1. The van der Waals surface area contributed by atoms with Gasteiger partial charge in [0.05, 0.1) is 7.11 Å². The number of ether oxygens (including phenoxy) is 1. The van der Waals surface area contributed by atoms with Gasteiger partial charge in [0.1, 0.15) is 11.3 Å². The average Bonchev–Trinajstić information content (AvgIpc) is 2.75. The van der Waals surface area contributed by atoms with Gasteiger partial charge in [-0.1, -0.05) is 30.3 Å². The first-order chi connectivity index (χ1) is 14.9. The quantitative estimate of drug-likeness (QED) is 0.668.